The minimum Gasteiger partial charge on any atom is -0.384 e. The zero-order chi connectivity index (χ0) is 27.7. The van der Waals surface area contributed by atoms with Crippen molar-refractivity contribution in [2.45, 2.75) is 69.9 Å². The summed E-state index contributed by atoms with van der Waals surface area (Å²) in [4.78, 5) is 16.8. The van der Waals surface area contributed by atoms with Crippen LogP contribution in [0.4, 0.5) is 5.69 Å². The highest BCUT2D eigenvalue weighted by Gasteiger charge is 2.41. The van der Waals surface area contributed by atoms with E-state index in [4.69, 9.17) is 5.73 Å². The second-order valence-corrected chi connectivity index (χ2v) is 11.6. The van der Waals surface area contributed by atoms with Crippen molar-refractivity contribution in [1.82, 2.24) is 0 Å². The highest BCUT2D eigenvalue weighted by Crippen LogP contribution is 2.47. The third-order valence-electron chi connectivity index (χ3n) is 7.97. The molecule has 2 aliphatic rings. The van der Waals surface area contributed by atoms with E-state index in [-0.39, 0.29) is 5.78 Å². The van der Waals surface area contributed by atoms with Gasteiger partial charge in [0.15, 0.2) is 5.78 Å². The Morgan fingerprint density at radius 2 is 1.72 bits per heavy atom. The number of aryl methyl sites for hydroxylation is 4. The molecule has 2 N–H and O–H groups in total. The number of hydrogen-bond donors (Lipinski definition) is 1. The molecule has 1 heterocycles. The lowest BCUT2D eigenvalue weighted by atomic mass is 9.74. The molecule has 0 radical (unpaired) electrons. The molecule has 0 aromatic heterocycles. The van der Waals surface area contributed by atoms with Gasteiger partial charge in [0.2, 0.25) is 0 Å². The van der Waals surface area contributed by atoms with Crippen LogP contribution in [0.25, 0.3) is 0 Å². The molecule has 5 heteroatoms. The lowest BCUT2D eigenvalue weighted by Crippen LogP contribution is -2.38. The van der Waals surface area contributed by atoms with Crippen LogP contribution in [0, 0.1) is 32.1 Å². The average molecular weight is 534 g/mol. The topological polar surface area (TPSA) is 70.1 Å². The van der Waals surface area contributed by atoms with Gasteiger partial charge in [0.1, 0.15) is 5.82 Å². The molecular formula is C34H35N3OS. The van der Waals surface area contributed by atoms with E-state index in [0.717, 1.165) is 53.1 Å². The highest BCUT2D eigenvalue weighted by molar-refractivity contribution is 7.98. The van der Waals surface area contributed by atoms with Crippen LogP contribution in [-0.2, 0) is 17.0 Å². The molecule has 1 aliphatic carbocycles. The van der Waals surface area contributed by atoms with Crippen molar-refractivity contribution in [2.24, 2.45) is 5.73 Å². The van der Waals surface area contributed by atoms with E-state index in [1.807, 2.05) is 17.0 Å². The second-order valence-electron chi connectivity index (χ2n) is 10.6. The fourth-order valence-electron chi connectivity index (χ4n) is 5.75. The number of nitrogens with zero attached hydrogens (tertiary/aromatic N) is 2. The first kappa shape index (κ1) is 26.8. The first-order valence-corrected chi connectivity index (χ1v) is 14.7. The normalized spacial score (nSPS) is 17.4. The molecule has 198 valence electrons. The van der Waals surface area contributed by atoms with Crippen LogP contribution in [0.2, 0.25) is 0 Å². The Labute approximate surface area is 236 Å². The second kappa shape index (κ2) is 11.2. The Bertz CT molecular complexity index is 1520. The molecule has 0 saturated heterocycles. The minimum atomic E-state index is -0.451. The highest BCUT2D eigenvalue weighted by atomic mass is 32.2. The SMILES string of the molecule is CCc1ccc(N2C(N)=C(C#N)C(c3cc(CSc4ccc(C)cc4)c(C)cc3C)C3=C2CCCC3=O)cc1. The quantitative estimate of drug-likeness (QED) is 0.328. The van der Waals surface area contributed by atoms with Crippen molar-refractivity contribution < 1.29 is 4.79 Å². The summed E-state index contributed by atoms with van der Waals surface area (Å²) in [5.41, 5.74) is 16.8. The molecule has 39 heavy (non-hydrogen) atoms. The summed E-state index contributed by atoms with van der Waals surface area (Å²) in [5, 5.41) is 10.5. The van der Waals surface area contributed by atoms with Gasteiger partial charge in [-0.05, 0) is 92.1 Å². The minimum absolute atomic E-state index is 0.118. The van der Waals surface area contributed by atoms with Gasteiger partial charge < -0.3 is 5.73 Å². The van der Waals surface area contributed by atoms with Crippen LogP contribution in [0.5, 0.6) is 0 Å². The summed E-state index contributed by atoms with van der Waals surface area (Å²) in [6, 6.07) is 23.7. The molecule has 0 spiro atoms. The van der Waals surface area contributed by atoms with E-state index >= 15 is 0 Å². The van der Waals surface area contributed by atoms with Gasteiger partial charge >= 0.3 is 0 Å². The fraction of sp³-hybridized carbons (Fsp3) is 0.294. The van der Waals surface area contributed by atoms with Crippen molar-refractivity contribution in [3.05, 3.63) is 117 Å². The maximum atomic E-state index is 13.6. The lowest BCUT2D eigenvalue weighted by Gasteiger charge is -2.40. The largest absolute Gasteiger partial charge is 0.384 e. The van der Waals surface area contributed by atoms with Crippen LogP contribution < -0.4 is 10.6 Å². The summed E-state index contributed by atoms with van der Waals surface area (Å²) < 4.78 is 0. The average Bonchev–Trinajstić information content (AvgIpc) is 2.93. The number of allylic oxidation sites excluding steroid dienone is 3. The zero-order valence-electron chi connectivity index (χ0n) is 23.2. The summed E-state index contributed by atoms with van der Waals surface area (Å²) in [5.74, 6) is 0.904. The fourth-order valence-corrected chi connectivity index (χ4v) is 6.71. The van der Waals surface area contributed by atoms with Gasteiger partial charge in [-0.3, -0.25) is 9.69 Å². The lowest BCUT2D eigenvalue weighted by molar-refractivity contribution is -0.116. The number of ketones is 1. The molecule has 0 fully saturated rings. The molecular weight excluding hydrogens is 498 g/mol. The van der Waals surface area contributed by atoms with Gasteiger partial charge in [-0.15, -0.1) is 11.8 Å². The summed E-state index contributed by atoms with van der Waals surface area (Å²) >= 11 is 1.80. The van der Waals surface area contributed by atoms with E-state index in [9.17, 15) is 10.1 Å². The first-order chi connectivity index (χ1) is 18.8. The van der Waals surface area contributed by atoms with Crippen molar-refractivity contribution >= 4 is 23.2 Å². The molecule has 4 nitrogen and oxygen atoms in total. The zero-order valence-corrected chi connectivity index (χ0v) is 24.0. The molecule has 3 aromatic rings. The number of benzene rings is 3. The molecule has 1 aliphatic heterocycles. The number of hydrogen-bond acceptors (Lipinski definition) is 5. The smallest absolute Gasteiger partial charge is 0.161 e. The molecule has 0 saturated carbocycles. The van der Waals surface area contributed by atoms with E-state index in [1.54, 1.807) is 11.8 Å². The van der Waals surface area contributed by atoms with Gasteiger partial charge in [0, 0.05) is 34.0 Å². The third kappa shape index (κ3) is 5.14. The molecule has 1 unspecified atom stereocenters. The Balaban J connectivity index is 1.61. The maximum Gasteiger partial charge on any atom is 0.161 e. The number of nitrogens with two attached hydrogens (primary N) is 1. The van der Waals surface area contributed by atoms with Gasteiger partial charge in [0.25, 0.3) is 0 Å². The van der Waals surface area contributed by atoms with Crippen LogP contribution in [0.1, 0.15) is 65.5 Å². The molecule has 5 rings (SSSR count). The number of carbonyl (C=O) groups is 1. The Kier molecular flexibility index (Phi) is 7.68. The van der Waals surface area contributed by atoms with Gasteiger partial charge in [-0.2, -0.15) is 5.26 Å². The summed E-state index contributed by atoms with van der Waals surface area (Å²) in [7, 11) is 0. The van der Waals surface area contributed by atoms with Crippen LogP contribution in [0.3, 0.4) is 0 Å². The van der Waals surface area contributed by atoms with Crippen LogP contribution >= 0.6 is 11.8 Å². The number of carbonyl (C=O) groups excluding carboxylic acids is 1. The molecule has 0 amide bonds. The Morgan fingerprint density at radius 3 is 2.38 bits per heavy atom. The summed E-state index contributed by atoms with van der Waals surface area (Å²) in [6.07, 6.45) is 2.99. The predicted molar refractivity (Wildman–Crippen MR) is 160 cm³/mol. The standard InChI is InChI=1S/C34H35N3OS/c1-5-24-11-13-26(14-12-24)37-30-7-6-8-31(38)33(30)32(29(19-35)34(37)36)28-18-25(22(3)17-23(28)4)20-39-27-15-9-21(2)10-16-27/h9-18,32H,5-8,20,36H2,1-4H3. The van der Waals surface area contributed by atoms with Gasteiger partial charge in [-0.1, -0.05) is 48.9 Å². The van der Waals surface area contributed by atoms with Crippen molar-refractivity contribution in [2.75, 3.05) is 4.90 Å². The maximum absolute atomic E-state index is 13.6. The van der Waals surface area contributed by atoms with Crippen LogP contribution in [-0.4, -0.2) is 5.78 Å². The number of Topliss-reactive ketones (excluding diaryl/α,β-unsaturated/α-hetero) is 1. The Morgan fingerprint density at radius 1 is 1.00 bits per heavy atom. The molecule has 3 aromatic carbocycles. The third-order valence-corrected chi connectivity index (χ3v) is 9.03. The van der Waals surface area contributed by atoms with Crippen molar-refractivity contribution in [3.63, 3.8) is 0 Å². The first-order valence-electron chi connectivity index (χ1n) is 13.7. The van der Waals surface area contributed by atoms with Crippen molar-refractivity contribution in [3.8, 4) is 6.07 Å². The van der Waals surface area contributed by atoms with E-state index in [1.165, 1.54) is 27.1 Å². The van der Waals surface area contributed by atoms with E-state index in [0.29, 0.717) is 17.8 Å². The number of thioether (sulfide) groups is 1. The van der Waals surface area contributed by atoms with Crippen LogP contribution in [0.15, 0.2) is 88.2 Å². The van der Waals surface area contributed by atoms with E-state index < -0.39 is 5.92 Å². The van der Waals surface area contributed by atoms with E-state index in [2.05, 4.69) is 82.3 Å². The number of rotatable bonds is 6. The monoisotopic (exact) mass is 533 g/mol. The van der Waals surface area contributed by atoms with Gasteiger partial charge in [-0.25, -0.2) is 0 Å². The number of anilines is 1. The van der Waals surface area contributed by atoms with Gasteiger partial charge in [0.05, 0.1) is 17.6 Å². The predicted octanol–water partition coefficient (Wildman–Crippen LogP) is 7.77. The molecule has 1 atom stereocenters. The molecule has 0 bridgehead atoms. The van der Waals surface area contributed by atoms with Crippen molar-refractivity contribution in [1.29, 1.82) is 5.26 Å². The number of nitriles is 1. The summed E-state index contributed by atoms with van der Waals surface area (Å²) in [6.45, 7) is 8.43. The Hall–Kier alpha value is -3.75.